The maximum absolute atomic E-state index is 13.6. The molecule has 1 aliphatic heterocycles. The van der Waals surface area contributed by atoms with Crippen molar-refractivity contribution in [3.05, 3.63) is 29.6 Å². The first-order chi connectivity index (χ1) is 8.95. The van der Waals surface area contributed by atoms with Gasteiger partial charge in [-0.3, -0.25) is 0 Å². The molecule has 0 spiro atoms. The highest BCUT2D eigenvalue weighted by Crippen LogP contribution is 2.23. The van der Waals surface area contributed by atoms with Gasteiger partial charge in [0.05, 0.1) is 17.8 Å². The van der Waals surface area contributed by atoms with E-state index in [9.17, 15) is 9.18 Å². The van der Waals surface area contributed by atoms with Crippen molar-refractivity contribution in [2.24, 2.45) is 0 Å². The predicted molar refractivity (Wildman–Crippen MR) is 72.1 cm³/mol. The van der Waals surface area contributed by atoms with Crippen molar-refractivity contribution in [1.29, 1.82) is 0 Å². The average molecular weight is 284 g/mol. The third-order valence-electron chi connectivity index (χ3n) is 3.10. The van der Waals surface area contributed by atoms with Gasteiger partial charge in [-0.2, -0.15) is 0 Å². The molecule has 104 valence electrons. The summed E-state index contributed by atoms with van der Waals surface area (Å²) in [5.41, 5.74) is -0.0701. The van der Waals surface area contributed by atoms with E-state index in [1.807, 2.05) is 13.8 Å². The molecule has 1 aliphatic rings. The fourth-order valence-corrected chi connectivity index (χ4v) is 2.53. The predicted octanol–water partition coefficient (Wildman–Crippen LogP) is 3.23. The Balaban J connectivity index is 2.06. The lowest BCUT2D eigenvalue weighted by Gasteiger charge is -2.31. The molecule has 3 nitrogen and oxygen atoms in total. The van der Waals surface area contributed by atoms with Gasteiger partial charge in [0.15, 0.2) is 0 Å². The summed E-state index contributed by atoms with van der Waals surface area (Å²) >= 11 is 4.10. The number of halogens is 1. The molecule has 0 aliphatic carbocycles. The molecule has 1 heterocycles. The van der Waals surface area contributed by atoms with Crippen LogP contribution in [-0.2, 0) is 9.47 Å². The van der Waals surface area contributed by atoms with Gasteiger partial charge in [0.1, 0.15) is 11.9 Å². The molecular weight excluding hydrogens is 267 g/mol. The van der Waals surface area contributed by atoms with E-state index in [-0.39, 0.29) is 23.9 Å². The standard InChI is InChI=1S/C14H17FO3S/c1-8-5-10(6-9(2)17-8)18-14(16)12-7-11(19)3-4-13(12)15/h3-4,7-10,19H,5-6H2,1-2H3. The monoisotopic (exact) mass is 284 g/mol. The summed E-state index contributed by atoms with van der Waals surface area (Å²) in [7, 11) is 0. The first-order valence-electron chi connectivity index (χ1n) is 6.30. The molecule has 0 radical (unpaired) electrons. The molecule has 2 unspecified atom stereocenters. The zero-order valence-corrected chi connectivity index (χ0v) is 11.8. The number of rotatable bonds is 2. The first kappa shape index (κ1) is 14.3. The van der Waals surface area contributed by atoms with Crippen LogP contribution in [0.25, 0.3) is 0 Å². The minimum Gasteiger partial charge on any atom is -0.458 e. The fourth-order valence-electron chi connectivity index (χ4n) is 2.33. The van der Waals surface area contributed by atoms with Crippen LogP contribution in [0.3, 0.4) is 0 Å². The van der Waals surface area contributed by atoms with Crippen LogP contribution in [-0.4, -0.2) is 24.3 Å². The highest BCUT2D eigenvalue weighted by molar-refractivity contribution is 7.80. The Morgan fingerprint density at radius 1 is 1.37 bits per heavy atom. The molecule has 2 atom stereocenters. The number of ether oxygens (including phenoxy) is 2. The van der Waals surface area contributed by atoms with Gasteiger partial charge in [-0.15, -0.1) is 12.6 Å². The zero-order chi connectivity index (χ0) is 14.0. The van der Waals surface area contributed by atoms with Gasteiger partial charge in [-0.1, -0.05) is 0 Å². The van der Waals surface area contributed by atoms with Gasteiger partial charge < -0.3 is 9.47 Å². The molecule has 1 fully saturated rings. The minimum absolute atomic E-state index is 0.0441. The number of hydrogen-bond donors (Lipinski definition) is 1. The Morgan fingerprint density at radius 3 is 2.63 bits per heavy atom. The number of thiol groups is 1. The van der Waals surface area contributed by atoms with E-state index in [2.05, 4.69) is 12.6 Å². The van der Waals surface area contributed by atoms with E-state index in [4.69, 9.17) is 9.47 Å². The highest BCUT2D eigenvalue weighted by atomic mass is 32.1. The van der Waals surface area contributed by atoms with Crippen LogP contribution in [0.2, 0.25) is 0 Å². The molecule has 1 saturated heterocycles. The topological polar surface area (TPSA) is 35.5 Å². The lowest BCUT2D eigenvalue weighted by Crippen LogP contribution is -2.35. The van der Waals surface area contributed by atoms with Crippen molar-refractivity contribution in [2.75, 3.05) is 0 Å². The largest absolute Gasteiger partial charge is 0.458 e. The van der Waals surface area contributed by atoms with Gasteiger partial charge >= 0.3 is 5.97 Å². The molecular formula is C14H17FO3S. The van der Waals surface area contributed by atoms with Gasteiger partial charge in [0.2, 0.25) is 0 Å². The Hall–Kier alpha value is -1.07. The van der Waals surface area contributed by atoms with E-state index in [0.29, 0.717) is 17.7 Å². The van der Waals surface area contributed by atoms with Crippen molar-refractivity contribution in [1.82, 2.24) is 0 Å². The molecule has 19 heavy (non-hydrogen) atoms. The Bertz CT molecular complexity index is 468. The van der Waals surface area contributed by atoms with Crippen LogP contribution in [0.15, 0.2) is 23.1 Å². The lowest BCUT2D eigenvalue weighted by atomic mass is 10.0. The molecule has 5 heteroatoms. The number of carbonyl (C=O) groups is 1. The number of esters is 1. The van der Waals surface area contributed by atoms with Crippen LogP contribution < -0.4 is 0 Å². The second-order valence-electron chi connectivity index (χ2n) is 4.92. The van der Waals surface area contributed by atoms with E-state index in [0.717, 1.165) is 0 Å². The molecule has 0 saturated carbocycles. The second-order valence-corrected chi connectivity index (χ2v) is 5.44. The maximum Gasteiger partial charge on any atom is 0.341 e. The van der Waals surface area contributed by atoms with E-state index < -0.39 is 11.8 Å². The molecule has 0 bridgehead atoms. The summed E-state index contributed by atoms with van der Waals surface area (Å²) in [4.78, 5) is 12.5. The van der Waals surface area contributed by atoms with Crippen LogP contribution in [0.5, 0.6) is 0 Å². The van der Waals surface area contributed by atoms with Crippen LogP contribution in [0, 0.1) is 5.82 Å². The normalized spacial score (nSPS) is 27.1. The number of benzene rings is 1. The third kappa shape index (κ3) is 3.70. The number of carbonyl (C=O) groups excluding carboxylic acids is 1. The van der Waals surface area contributed by atoms with Crippen molar-refractivity contribution in [3.63, 3.8) is 0 Å². The quantitative estimate of drug-likeness (QED) is 0.669. The molecule has 0 aromatic heterocycles. The number of hydrogen-bond acceptors (Lipinski definition) is 4. The molecule has 0 amide bonds. The summed E-state index contributed by atoms with van der Waals surface area (Å²) in [5.74, 6) is -1.23. The zero-order valence-electron chi connectivity index (χ0n) is 10.9. The summed E-state index contributed by atoms with van der Waals surface area (Å²) in [5, 5.41) is 0. The smallest absolute Gasteiger partial charge is 0.341 e. The molecule has 2 rings (SSSR count). The second kappa shape index (κ2) is 5.92. The summed E-state index contributed by atoms with van der Waals surface area (Å²) in [6.45, 7) is 3.87. The SMILES string of the molecule is CC1CC(OC(=O)c2cc(S)ccc2F)CC(C)O1. The summed E-state index contributed by atoms with van der Waals surface area (Å²) in [6, 6.07) is 4.09. The van der Waals surface area contributed by atoms with Gasteiger partial charge in [-0.05, 0) is 32.0 Å². The van der Waals surface area contributed by atoms with E-state index in [1.54, 1.807) is 0 Å². The van der Waals surface area contributed by atoms with Crippen LogP contribution in [0.4, 0.5) is 4.39 Å². The summed E-state index contributed by atoms with van der Waals surface area (Å²) in [6.07, 6.45) is 1.13. The van der Waals surface area contributed by atoms with Crippen molar-refractivity contribution >= 4 is 18.6 Å². The Morgan fingerprint density at radius 2 is 2.00 bits per heavy atom. The molecule has 1 aromatic carbocycles. The van der Waals surface area contributed by atoms with Gasteiger partial charge in [0.25, 0.3) is 0 Å². The van der Waals surface area contributed by atoms with Crippen molar-refractivity contribution < 1.29 is 18.7 Å². The maximum atomic E-state index is 13.6. The van der Waals surface area contributed by atoms with Crippen LogP contribution in [0.1, 0.15) is 37.0 Å². The molecule has 0 N–H and O–H groups in total. The average Bonchev–Trinajstić information content (AvgIpc) is 2.30. The fraction of sp³-hybridized carbons (Fsp3) is 0.500. The van der Waals surface area contributed by atoms with Gasteiger partial charge in [-0.25, -0.2) is 9.18 Å². The molecule has 1 aromatic rings. The third-order valence-corrected chi connectivity index (χ3v) is 3.38. The Kier molecular flexibility index (Phi) is 4.47. The van der Waals surface area contributed by atoms with Crippen molar-refractivity contribution in [2.45, 2.75) is 49.9 Å². The minimum atomic E-state index is -0.639. The first-order valence-corrected chi connectivity index (χ1v) is 6.75. The van der Waals surface area contributed by atoms with Gasteiger partial charge in [0, 0.05) is 17.7 Å². The highest BCUT2D eigenvalue weighted by Gasteiger charge is 2.28. The van der Waals surface area contributed by atoms with Crippen molar-refractivity contribution in [3.8, 4) is 0 Å². The Labute approximate surface area is 117 Å². The lowest BCUT2D eigenvalue weighted by molar-refractivity contribution is -0.0856. The van der Waals surface area contributed by atoms with E-state index >= 15 is 0 Å². The summed E-state index contributed by atoms with van der Waals surface area (Å²) < 4.78 is 24.5. The van der Waals surface area contributed by atoms with Crippen LogP contribution >= 0.6 is 12.6 Å². The van der Waals surface area contributed by atoms with E-state index in [1.165, 1.54) is 18.2 Å².